The smallest absolute Gasteiger partial charge is 0.316 e. The Kier molecular flexibility index (Phi) is 2.09. The largest absolute Gasteiger partial charge is 0.468 e. The van der Waals surface area contributed by atoms with E-state index in [1.807, 2.05) is 18.2 Å². The van der Waals surface area contributed by atoms with Crippen molar-refractivity contribution in [3.63, 3.8) is 0 Å². The molecule has 1 aliphatic rings. The zero-order chi connectivity index (χ0) is 13.0. The lowest BCUT2D eigenvalue weighted by Gasteiger charge is -2.18. The summed E-state index contributed by atoms with van der Waals surface area (Å²) >= 11 is 0. The Bertz CT molecular complexity index is 629. The Morgan fingerprint density at radius 2 is 2.17 bits per heavy atom. The first-order valence-electron chi connectivity index (χ1n) is 5.93. The van der Waals surface area contributed by atoms with Crippen molar-refractivity contribution < 1.29 is 13.9 Å². The quantitative estimate of drug-likeness (QED) is 0.763. The van der Waals surface area contributed by atoms with Crippen molar-refractivity contribution in [2.24, 2.45) is 5.41 Å². The Balaban J connectivity index is 2.14. The minimum absolute atomic E-state index is 0.0756. The zero-order valence-electron chi connectivity index (χ0n) is 10.7. The fourth-order valence-electron chi connectivity index (χ4n) is 2.87. The molecular formula is C14H15NO3. The molecule has 0 bridgehead atoms. The number of benzene rings is 1. The molecule has 1 heterocycles. The molecular weight excluding hydrogens is 230 g/mol. The van der Waals surface area contributed by atoms with Gasteiger partial charge in [-0.25, -0.2) is 4.98 Å². The fourth-order valence-corrected chi connectivity index (χ4v) is 2.87. The van der Waals surface area contributed by atoms with Gasteiger partial charge in [0.05, 0.1) is 12.5 Å². The van der Waals surface area contributed by atoms with Crippen LogP contribution in [0.25, 0.3) is 11.1 Å². The molecule has 0 N–H and O–H groups in total. The van der Waals surface area contributed by atoms with E-state index in [0.717, 1.165) is 17.5 Å². The highest BCUT2D eigenvalue weighted by molar-refractivity contribution is 5.90. The van der Waals surface area contributed by atoms with Crippen molar-refractivity contribution in [2.45, 2.75) is 25.7 Å². The molecule has 94 valence electrons. The van der Waals surface area contributed by atoms with Crippen molar-refractivity contribution in [3.05, 3.63) is 30.2 Å². The van der Waals surface area contributed by atoms with Crippen molar-refractivity contribution in [2.75, 3.05) is 7.11 Å². The van der Waals surface area contributed by atoms with Gasteiger partial charge < -0.3 is 9.15 Å². The second kappa shape index (κ2) is 3.34. The molecule has 1 saturated carbocycles. The van der Waals surface area contributed by atoms with Crippen LogP contribution in [0.4, 0.5) is 0 Å². The van der Waals surface area contributed by atoms with Crippen molar-refractivity contribution >= 4 is 17.1 Å². The van der Waals surface area contributed by atoms with Crippen LogP contribution in [0.5, 0.6) is 0 Å². The van der Waals surface area contributed by atoms with E-state index >= 15 is 0 Å². The van der Waals surface area contributed by atoms with Crippen LogP contribution >= 0.6 is 0 Å². The lowest BCUT2D eigenvalue weighted by atomic mass is 9.88. The maximum absolute atomic E-state index is 12.1. The second-order valence-corrected chi connectivity index (χ2v) is 5.49. The minimum Gasteiger partial charge on any atom is -0.468 e. The number of ether oxygens (including phenoxy) is 1. The van der Waals surface area contributed by atoms with Crippen LogP contribution in [0.2, 0.25) is 0 Å². The predicted molar refractivity (Wildman–Crippen MR) is 66.1 cm³/mol. The summed E-state index contributed by atoms with van der Waals surface area (Å²) in [5.41, 5.74) is 1.84. The standard InChI is InChI=1S/C14H15NO3/c1-13(2)7-14(13,12(16)17-3)9-4-5-10-11(6-9)18-8-15-10/h4-6,8H,7H2,1-3H3. The molecule has 0 saturated heterocycles. The van der Waals surface area contributed by atoms with Gasteiger partial charge in [0.1, 0.15) is 5.52 Å². The topological polar surface area (TPSA) is 52.3 Å². The Labute approximate surface area is 105 Å². The highest BCUT2D eigenvalue weighted by Gasteiger charge is 2.68. The number of hydrogen-bond donors (Lipinski definition) is 0. The summed E-state index contributed by atoms with van der Waals surface area (Å²) in [6.07, 6.45) is 2.21. The van der Waals surface area contributed by atoms with E-state index in [1.54, 1.807) is 0 Å². The number of aromatic nitrogens is 1. The van der Waals surface area contributed by atoms with Gasteiger partial charge in [0.15, 0.2) is 12.0 Å². The molecule has 1 unspecified atom stereocenters. The molecule has 1 atom stereocenters. The Morgan fingerprint density at radius 1 is 1.44 bits per heavy atom. The molecule has 1 fully saturated rings. The molecule has 1 aliphatic carbocycles. The summed E-state index contributed by atoms with van der Waals surface area (Å²) in [7, 11) is 1.44. The van der Waals surface area contributed by atoms with Gasteiger partial charge in [0.2, 0.25) is 0 Å². The number of hydrogen-bond acceptors (Lipinski definition) is 4. The van der Waals surface area contributed by atoms with Crippen LogP contribution in [0.15, 0.2) is 29.0 Å². The third-order valence-electron chi connectivity index (χ3n) is 4.10. The summed E-state index contributed by atoms with van der Waals surface area (Å²) < 4.78 is 10.3. The molecule has 0 aliphatic heterocycles. The van der Waals surface area contributed by atoms with E-state index in [9.17, 15) is 4.79 Å². The maximum Gasteiger partial charge on any atom is 0.316 e. The van der Waals surface area contributed by atoms with Crippen LogP contribution in [0.3, 0.4) is 0 Å². The van der Waals surface area contributed by atoms with E-state index in [1.165, 1.54) is 13.5 Å². The van der Waals surface area contributed by atoms with Gasteiger partial charge >= 0.3 is 5.97 Å². The molecule has 0 spiro atoms. The van der Waals surface area contributed by atoms with Crippen molar-refractivity contribution in [1.29, 1.82) is 0 Å². The first kappa shape index (κ1) is 11.3. The third-order valence-corrected chi connectivity index (χ3v) is 4.10. The molecule has 0 amide bonds. The molecule has 18 heavy (non-hydrogen) atoms. The van der Waals surface area contributed by atoms with Crippen LogP contribution in [-0.2, 0) is 14.9 Å². The lowest BCUT2D eigenvalue weighted by molar-refractivity contribution is -0.144. The number of fused-ring (bicyclic) bond motifs is 1. The number of rotatable bonds is 2. The summed E-state index contributed by atoms with van der Waals surface area (Å²) in [4.78, 5) is 16.2. The molecule has 1 aromatic heterocycles. The molecule has 1 aromatic carbocycles. The van der Waals surface area contributed by atoms with E-state index in [-0.39, 0.29) is 11.4 Å². The first-order chi connectivity index (χ1) is 8.51. The van der Waals surface area contributed by atoms with Crippen LogP contribution in [-0.4, -0.2) is 18.1 Å². The predicted octanol–water partition coefficient (Wildman–Crippen LogP) is 2.67. The van der Waals surface area contributed by atoms with E-state index in [2.05, 4.69) is 18.8 Å². The van der Waals surface area contributed by atoms with Crippen LogP contribution in [0, 0.1) is 5.41 Å². The van der Waals surface area contributed by atoms with Gasteiger partial charge in [-0.15, -0.1) is 0 Å². The average Bonchev–Trinajstić information content (AvgIpc) is 2.75. The molecule has 2 aromatic rings. The van der Waals surface area contributed by atoms with Gasteiger partial charge in [0, 0.05) is 0 Å². The van der Waals surface area contributed by atoms with Gasteiger partial charge in [-0.05, 0) is 29.5 Å². The number of carbonyl (C=O) groups excluding carboxylic acids is 1. The third kappa shape index (κ3) is 1.26. The number of nitrogens with zero attached hydrogens (tertiary/aromatic N) is 1. The Morgan fingerprint density at radius 3 is 2.78 bits per heavy atom. The van der Waals surface area contributed by atoms with Crippen molar-refractivity contribution in [1.82, 2.24) is 4.98 Å². The highest BCUT2D eigenvalue weighted by atomic mass is 16.5. The minimum atomic E-state index is -0.539. The maximum atomic E-state index is 12.1. The SMILES string of the molecule is COC(=O)C1(c2ccc3ncoc3c2)CC1(C)C. The van der Waals surface area contributed by atoms with Gasteiger partial charge in [-0.3, -0.25) is 4.79 Å². The summed E-state index contributed by atoms with van der Waals surface area (Å²) in [6, 6.07) is 5.72. The summed E-state index contributed by atoms with van der Waals surface area (Å²) in [5, 5.41) is 0. The van der Waals surface area contributed by atoms with E-state index < -0.39 is 5.41 Å². The average molecular weight is 245 g/mol. The number of methoxy groups -OCH3 is 1. The van der Waals surface area contributed by atoms with E-state index in [0.29, 0.717) is 5.58 Å². The van der Waals surface area contributed by atoms with Crippen LogP contribution < -0.4 is 0 Å². The molecule has 3 rings (SSSR count). The van der Waals surface area contributed by atoms with Gasteiger partial charge in [0.25, 0.3) is 0 Å². The van der Waals surface area contributed by atoms with Gasteiger partial charge in [-0.2, -0.15) is 0 Å². The second-order valence-electron chi connectivity index (χ2n) is 5.49. The van der Waals surface area contributed by atoms with E-state index in [4.69, 9.17) is 9.15 Å². The molecule has 4 heteroatoms. The fraction of sp³-hybridized carbons (Fsp3) is 0.429. The summed E-state index contributed by atoms with van der Waals surface area (Å²) in [6.45, 7) is 4.16. The molecule has 4 nitrogen and oxygen atoms in total. The first-order valence-corrected chi connectivity index (χ1v) is 5.93. The normalized spacial score (nSPS) is 25.1. The summed E-state index contributed by atoms with van der Waals surface area (Å²) in [5.74, 6) is -0.175. The highest BCUT2D eigenvalue weighted by Crippen LogP contribution is 2.65. The zero-order valence-corrected chi connectivity index (χ0v) is 10.7. The number of oxazole rings is 1. The van der Waals surface area contributed by atoms with Crippen LogP contribution in [0.1, 0.15) is 25.8 Å². The lowest BCUT2D eigenvalue weighted by Crippen LogP contribution is -2.27. The number of carbonyl (C=O) groups is 1. The Hall–Kier alpha value is -1.84. The van der Waals surface area contributed by atoms with Gasteiger partial charge in [-0.1, -0.05) is 19.9 Å². The van der Waals surface area contributed by atoms with Crippen molar-refractivity contribution in [3.8, 4) is 0 Å². The molecule has 0 radical (unpaired) electrons. The monoisotopic (exact) mass is 245 g/mol. The number of esters is 1.